The Balaban J connectivity index is 1.36. The lowest BCUT2D eigenvalue weighted by atomic mass is 9.97. The first-order valence-electron chi connectivity index (χ1n) is 10.7. The number of aromatic amines is 1. The highest BCUT2D eigenvalue weighted by Crippen LogP contribution is 2.35. The molecule has 0 radical (unpaired) electrons. The fourth-order valence-corrected chi connectivity index (χ4v) is 4.18. The Bertz CT molecular complexity index is 1230. The summed E-state index contributed by atoms with van der Waals surface area (Å²) in [5.74, 6) is -1.37. The molecule has 0 unspecified atom stereocenters. The molecule has 1 N–H and O–H groups in total. The van der Waals surface area contributed by atoms with E-state index in [0.717, 1.165) is 53.6 Å². The number of nitrogens with zero attached hydrogens (tertiary/aromatic N) is 3. The van der Waals surface area contributed by atoms with Gasteiger partial charge in [-0.15, -0.1) is 0 Å². The predicted octanol–water partition coefficient (Wildman–Crippen LogP) is 3.82. The largest absolute Gasteiger partial charge is 0.346 e. The number of anilines is 1. The third kappa shape index (κ3) is 3.88. The molecule has 1 saturated carbocycles. The van der Waals surface area contributed by atoms with Crippen molar-refractivity contribution in [3.8, 4) is 0 Å². The fourth-order valence-electron chi connectivity index (χ4n) is 4.18. The van der Waals surface area contributed by atoms with Crippen LogP contribution < -0.4 is 4.90 Å². The van der Waals surface area contributed by atoms with Crippen molar-refractivity contribution >= 4 is 34.7 Å². The monoisotopic (exact) mass is 436 g/mol. The van der Waals surface area contributed by atoms with Gasteiger partial charge in [0.05, 0.1) is 6.42 Å². The van der Waals surface area contributed by atoms with Gasteiger partial charge in [0.1, 0.15) is 11.5 Å². The Morgan fingerprint density at radius 1 is 1.22 bits per heavy atom. The topological polar surface area (TPSA) is 69.3 Å². The molecular formula is C24H22F2N4O2. The molecule has 1 aliphatic heterocycles. The average molecular weight is 436 g/mol. The maximum absolute atomic E-state index is 13.4. The number of rotatable bonds is 6. The Morgan fingerprint density at radius 3 is 2.75 bits per heavy atom. The van der Waals surface area contributed by atoms with Crippen LogP contribution in [-0.4, -0.2) is 46.3 Å². The van der Waals surface area contributed by atoms with Crippen LogP contribution in [0, 0.1) is 11.6 Å². The third-order valence-electron chi connectivity index (χ3n) is 6.08. The van der Waals surface area contributed by atoms with Crippen LogP contribution in [0.15, 0.2) is 42.6 Å². The van der Waals surface area contributed by atoms with Crippen molar-refractivity contribution < 1.29 is 18.4 Å². The SMILES string of the molecule is O=CN(c1cc(C2=CCN(C(=O)Cc3ccc(F)c(F)c3)CC2)c2cc[nH]c2n1)C1CC1. The van der Waals surface area contributed by atoms with Gasteiger partial charge in [-0.1, -0.05) is 12.1 Å². The van der Waals surface area contributed by atoms with E-state index in [0.29, 0.717) is 30.9 Å². The molecule has 6 nitrogen and oxygen atoms in total. The molecular weight excluding hydrogens is 414 g/mol. The molecule has 1 aliphatic carbocycles. The molecule has 8 heteroatoms. The number of fused-ring (bicyclic) bond motifs is 1. The summed E-state index contributed by atoms with van der Waals surface area (Å²) in [6.07, 6.45) is 7.32. The van der Waals surface area contributed by atoms with Crippen LogP contribution in [0.3, 0.4) is 0 Å². The number of amides is 2. The number of benzene rings is 1. The molecule has 0 atom stereocenters. The fraction of sp³-hybridized carbons (Fsp3) is 0.292. The van der Waals surface area contributed by atoms with Crippen molar-refractivity contribution in [3.63, 3.8) is 0 Å². The summed E-state index contributed by atoms with van der Waals surface area (Å²) in [6, 6.07) is 7.67. The van der Waals surface area contributed by atoms with Gasteiger partial charge in [-0.05, 0) is 60.2 Å². The second kappa shape index (κ2) is 8.18. The summed E-state index contributed by atoms with van der Waals surface area (Å²) < 4.78 is 26.6. The van der Waals surface area contributed by atoms with Crippen molar-refractivity contribution in [3.05, 3.63) is 65.4 Å². The van der Waals surface area contributed by atoms with Crippen LogP contribution in [0.25, 0.3) is 16.6 Å². The Labute approximate surface area is 183 Å². The van der Waals surface area contributed by atoms with Gasteiger partial charge in [0.25, 0.3) is 0 Å². The minimum Gasteiger partial charge on any atom is -0.346 e. The number of H-pyrrole nitrogens is 1. The van der Waals surface area contributed by atoms with E-state index in [9.17, 15) is 18.4 Å². The summed E-state index contributed by atoms with van der Waals surface area (Å²) in [6.45, 7) is 0.958. The van der Waals surface area contributed by atoms with Gasteiger partial charge in [0.2, 0.25) is 12.3 Å². The number of hydrogen-bond acceptors (Lipinski definition) is 3. The Kier molecular flexibility index (Phi) is 5.20. The predicted molar refractivity (Wildman–Crippen MR) is 117 cm³/mol. The number of carbonyl (C=O) groups excluding carboxylic acids is 2. The molecule has 2 aliphatic rings. The zero-order valence-electron chi connectivity index (χ0n) is 17.4. The summed E-state index contributed by atoms with van der Waals surface area (Å²) >= 11 is 0. The maximum atomic E-state index is 13.4. The van der Waals surface area contributed by atoms with Gasteiger partial charge in [0, 0.05) is 30.7 Å². The minimum absolute atomic E-state index is 0.0253. The average Bonchev–Trinajstić information content (AvgIpc) is 3.52. The summed E-state index contributed by atoms with van der Waals surface area (Å²) in [5.41, 5.74) is 3.27. The van der Waals surface area contributed by atoms with E-state index in [1.807, 2.05) is 24.4 Å². The van der Waals surface area contributed by atoms with Crippen molar-refractivity contribution in [2.24, 2.45) is 0 Å². The number of halogens is 2. The van der Waals surface area contributed by atoms with Crippen LogP contribution >= 0.6 is 0 Å². The number of pyridine rings is 1. The van der Waals surface area contributed by atoms with Gasteiger partial charge in [-0.25, -0.2) is 13.8 Å². The van der Waals surface area contributed by atoms with Gasteiger partial charge in [-0.2, -0.15) is 0 Å². The molecule has 2 amide bonds. The van der Waals surface area contributed by atoms with Gasteiger partial charge < -0.3 is 9.88 Å². The van der Waals surface area contributed by atoms with E-state index in [4.69, 9.17) is 0 Å². The van der Waals surface area contributed by atoms with E-state index in [1.54, 1.807) is 9.80 Å². The highest BCUT2D eigenvalue weighted by molar-refractivity contribution is 5.94. The lowest BCUT2D eigenvalue weighted by molar-refractivity contribution is -0.130. The van der Waals surface area contributed by atoms with Gasteiger partial charge in [-0.3, -0.25) is 14.5 Å². The van der Waals surface area contributed by atoms with E-state index in [-0.39, 0.29) is 18.4 Å². The second-order valence-electron chi connectivity index (χ2n) is 8.26. The quantitative estimate of drug-likeness (QED) is 0.598. The standard InChI is InChI=1S/C24H22F2N4O2/c25-20-4-1-15(11-21(20)26)12-23(32)29-9-6-16(7-10-29)19-13-22(30(14-31)17-2-3-17)28-24-18(19)5-8-27-24/h1,4-6,8,11,13-14,17H,2-3,7,9-10,12H2,(H,27,28). The van der Waals surface area contributed by atoms with Crippen LogP contribution in [0.2, 0.25) is 0 Å². The van der Waals surface area contributed by atoms with Crippen molar-refractivity contribution in [2.75, 3.05) is 18.0 Å². The smallest absolute Gasteiger partial charge is 0.227 e. The highest BCUT2D eigenvalue weighted by Gasteiger charge is 2.31. The summed E-state index contributed by atoms with van der Waals surface area (Å²) in [4.78, 5) is 35.4. The molecule has 164 valence electrons. The van der Waals surface area contributed by atoms with E-state index in [2.05, 4.69) is 9.97 Å². The molecule has 2 aromatic heterocycles. The number of hydrogen-bond donors (Lipinski definition) is 1. The number of aromatic nitrogens is 2. The molecule has 0 spiro atoms. The molecule has 32 heavy (non-hydrogen) atoms. The zero-order chi connectivity index (χ0) is 22.2. The summed E-state index contributed by atoms with van der Waals surface area (Å²) in [5, 5.41) is 0.975. The minimum atomic E-state index is -0.948. The molecule has 3 aromatic rings. The van der Waals surface area contributed by atoms with Crippen LogP contribution in [0.4, 0.5) is 14.6 Å². The van der Waals surface area contributed by atoms with Crippen molar-refractivity contribution in [2.45, 2.75) is 31.7 Å². The number of nitrogens with one attached hydrogen (secondary N) is 1. The van der Waals surface area contributed by atoms with Gasteiger partial charge in [0.15, 0.2) is 11.6 Å². The zero-order valence-corrected chi connectivity index (χ0v) is 17.4. The molecule has 3 heterocycles. The first-order chi connectivity index (χ1) is 15.5. The van der Waals surface area contributed by atoms with Crippen molar-refractivity contribution in [1.82, 2.24) is 14.9 Å². The molecule has 0 saturated heterocycles. The normalized spacial score (nSPS) is 16.2. The molecule has 0 bridgehead atoms. The molecule has 1 aromatic carbocycles. The van der Waals surface area contributed by atoms with Crippen molar-refractivity contribution in [1.29, 1.82) is 0 Å². The van der Waals surface area contributed by atoms with E-state index in [1.165, 1.54) is 6.07 Å². The van der Waals surface area contributed by atoms with Gasteiger partial charge >= 0.3 is 0 Å². The second-order valence-corrected chi connectivity index (χ2v) is 8.26. The first kappa shape index (κ1) is 20.4. The maximum Gasteiger partial charge on any atom is 0.227 e. The highest BCUT2D eigenvalue weighted by atomic mass is 19.2. The van der Waals surface area contributed by atoms with Crippen LogP contribution in [0.5, 0.6) is 0 Å². The lowest BCUT2D eigenvalue weighted by Crippen LogP contribution is -2.35. The van der Waals surface area contributed by atoms with Crippen LogP contribution in [0.1, 0.15) is 30.4 Å². The third-order valence-corrected chi connectivity index (χ3v) is 6.08. The van der Waals surface area contributed by atoms with E-state index >= 15 is 0 Å². The Morgan fingerprint density at radius 2 is 2.06 bits per heavy atom. The molecule has 1 fully saturated rings. The number of carbonyl (C=O) groups is 2. The molecule has 5 rings (SSSR count). The first-order valence-corrected chi connectivity index (χ1v) is 10.7. The summed E-state index contributed by atoms with van der Waals surface area (Å²) in [7, 11) is 0. The lowest BCUT2D eigenvalue weighted by Gasteiger charge is -2.27. The van der Waals surface area contributed by atoms with E-state index < -0.39 is 11.6 Å². The van der Waals surface area contributed by atoms with Crippen LogP contribution in [-0.2, 0) is 16.0 Å². The Hall–Kier alpha value is -3.55.